The molecule has 3 heteroatoms. The SMILES string of the molecule is CC(NCc1cccc2c1NCCC2)c1cccc(F)c1. The Bertz CT molecular complexity index is 624. The molecule has 3 rings (SSSR count). The van der Waals surface area contributed by atoms with Crippen LogP contribution in [0.2, 0.25) is 0 Å². The van der Waals surface area contributed by atoms with E-state index in [4.69, 9.17) is 0 Å². The molecule has 21 heavy (non-hydrogen) atoms. The van der Waals surface area contributed by atoms with Gasteiger partial charge in [0, 0.05) is 24.8 Å². The molecule has 0 aromatic heterocycles. The summed E-state index contributed by atoms with van der Waals surface area (Å²) in [5, 5.41) is 6.99. The van der Waals surface area contributed by atoms with Crippen molar-refractivity contribution in [3.8, 4) is 0 Å². The summed E-state index contributed by atoms with van der Waals surface area (Å²) in [6, 6.07) is 13.4. The zero-order valence-electron chi connectivity index (χ0n) is 12.3. The molecule has 0 amide bonds. The Hall–Kier alpha value is -1.87. The van der Waals surface area contributed by atoms with Crippen LogP contribution in [0.5, 0.6) is 0 Å². The van der Waals surface area contributed by atoms with Crippen molar-refractivity contribution in [3.05, 3.63) is 65.0 Å². The zero-order valence-corrected chi connectivity index (χ0v) is 12.3. The summed E-state index contributed by atoms with van der Waals surface area (Å²) in [5.41, 5.74) is 4.95. The number of para-hydroxylation sites is 1. The minimum absolute atomic E-state index is 0.125. The molecule has 0 saturated heterocycles. The van der Waals surface area contributed by atoms with Crippen molar-refractivity contribution < 1.29 is 4.39 Å². The maximum Gasteiger partial charge on any atom is 0.123 e. The molecule has 0 radical (unpaired) electrons. The van der Waals surface area contributed by atoms with Gasteiger partial charge in [-0.15, -0.1) is 0 Å². The van der Waals surface area contributed by atoms with E-state index in [1.54, 1.807) is 12.1 Å². The van der Waals surface area contributed by atoms with Crippen LogP contribution >= 0.6 is 0 Å². The third-order valence-electron chi connectivity index (χ3n) is 4.11. The predicted molar refractivity (Wildman–Crippen MR) is 84.9 cm³/mol. The van der Waals surface area contributed by atoms with E-state index in [-0.39, 0.29) is 11.9 Å². The molecule has 0 fully saturated rings. The van der Waals surface area contributed by atoms with E-state index in [2.05, 4.69) is 35.8 Å². The van der Waals surface area contributed by atoms with Gasteiger partial charge in [-0.1, -0.05) is 30.3 Å². The van der Waals surface area contributed by atoms with Crippen molar-refractivity contribution in [3.63, 3.8) is 0 Å². The molecule has 0 bridgehead atoms. The van der Waals surface area contributed by atoms with Gasteiger partial charge in [-0.05, 0) is 48.6 Å². The van der Waals surface area contributed by atoms with E-state index >= 15 is 0 Å². The van der Waals surface area contributed by atoms with Crippen molar-refractivity contribution in [2.45, 2.75) is 32.4 Å². The highest BCUT2D eigenvalue weighted by Gasteiger charge is 2.13. The van der Waals surface area contributed by atoms with E-state index in [1.807, 2.05) is 6.07 Å². The summed E-state index contributed by atoms with van der Waals surface area (Å²) in [6.07, 6.45) is 2.35. The smallest absolute Gasteiger partial charge is 0.123 e. The molecular formula is C18H21FN2. The van der Waals surface area contributed by atoms with E-state index in [0.29, 0.717) is 0 Å². The summed E-state index contributed by atoms with van der Waals surface area (Å²) in [4.78, 5) is 0. The van der Waals surface area contributed by atoms with Gasteiger partial charge in [0.15, 0.2) is 0 Å². The van der Waals surface area contributed by atoms with Crippen LogP contribution in [-0.4, -0.2) is 6.54 Å². The quantitative estimate of drug-likeness (QED) is 0.885. The van der Waals surface area contributed by atoms with Gasteiger partial charge in [-0.3, -0.25) is 0 Å². The second-order valence-electron chi connectivity index (χ2n) is 5.64. The van der Waals surface area contributed by atoms with Gasteiger partial charge in [-0.25, -0.2) is 4.39 Å². The van der Waals surface area contributed by atoms with Crippen molar-refractivity contribution in [1.82, 2.24) is 5.32 Å². The number of fused-ring (bicyclic) bond motifs is 1. The largest absolute Gasteiger partial charge is 0.385 e. The van der Waals surface area contributed by atoms with E-state index in [9.17, 15) is 4.39 Å². The van der Waals surface area contributed by atoms with Crippen molar-refractivity contribution in [2.75, 3.05) is 11.9 Å². The van der Waals surface area contributed by atoms with Gasteiger partial charge in [0.25, 0.3) is 0 Å². The van der Waals surface area contributed by atoms with Crippen LogP contribution in [0.1, 0.15) is 36.1 Å². The molecule has 1 atom stereocenters. The number of benzene rings is 2. The normalized spacial score (nSPS) is 15.1. The van der Waals surface area contributed by atoms with Crippen LogP contribution in [0.25, 0.3) is 0 Å². The average Bonchev–Trinajstić information content (AvgIpc) is 2.52. The molecule has 110 valence electrons. The van der Waals surface area contributed by atoms with Gasteiger partial charge in [0.1, 0.15) is 5.82 Å². The first-order valence-corrected chi connectivity index (χ1v) is 7.57. The van der Waals surface area contributed by atoms with Crippen LogP contribution in [-0.2, 0) is 13.0 Å². The highest BCUT2D eigenvalue weighted by atomic mass is 19.1. The first-order valence-electron chi connectivity index (χ1n) is 7.57. The van der Waals surface area contributed by atoms with Crippen LogP contribution in [0.3, 0.4) is 0 Å². The van der Waals surface area contributed by atoms with Gasteiger partial charge < -0.3 is 10.6 Å². The van der Waals surface area contributed by atoms with E-state index < -0.39 is 0 Å². The Morgan fingerprint density at radius 1 is 1.24 bits per heavy atom. The maximum atomic E-state index is 13.3. The number of aryl methyl sites for hydroxylation is 1. The highest BCUT2D eigenvalue weighted by molar-refractivity contribution is 5.59. The molecule has 1 aliphatic heterocycles. The molecule has 1 unspecified atom stereocenters. The Morgan fingerprint density at radius 2 is 2.10 bits per heavy atom. The third-order valence-corrected chi connectivity index (χ3v) is 4.11. The van der Waals surface area contributed by atoms with Gasteiger partial charge in [0.05, 0.1) is 0 Å². The van der Waals surface area contributed by atoms with Gasteiger partial charge in [-0.2, -0.15) is 0 Å². The number of hydrogen-bond acceptors (Lipinski definition) is 2. The summed E-state index contributed by atoms with van der Waals surface area (Å²) in [7, 11) is 0. The lowest BCUT2D eigenvalue weighted by Gasteiger charge is -2.22. The zero-order chi connectivity index (χ0) is 14.7. The minimum Gasteiger partial charge on any atom is -0.385 e. The number of nitrogens with one attached hydrogen (secondary N) is 2. The summed E-state index contributed by atoms with van der Waals surface area (Å²) >= 11 is 0. The van der Waals surface area contributed by atoms with Gasteiger partial charge in [0.2, 0.25) is 0 Å². The lowest BCUT2D eigenvalue weighted by atomic mass is 9.99. The summed E-state index contributed by atoms with van der Waals surface area (Å²) < 4.78 is 13.3. The molecule has 0 saturated carbocycles. The molecule has 1 aliphatic rings. The Morgan fingerprint density at radius 3 is 2.95 bits per heavy atom. The average molecular weight is 284 g/mol. The van der Waals surface area contributed by atoms with E-state index in [0.717, 1.165) is 25.1 Å². The Kier molecular flexibility index (Phi) is 4.20. The second-order valence-corrected chi connectivity index (χ2v) is 5.64. The number of rotatable bonds is 4. The first-order chi connectivity index (χ1) is 10.2. The fourth-order valence-electron chi connectivity index (χ4n) is 2.89. The topological polar surface area (TPSA) is 24.1 Å². The van der Waals surface area contributed by atoms with Crippen LogP contribution in [0.15, 0.2) is 42.5 Å². The summed E-state index contributed by atoms with van der Waals surface area (Å²) in [6.45, 7) is 3.90. The standard InChI is InChI=1S/C18H21FN2/c1-13(15-6-3-9-17(19)11-15)21-12-16-7-2-5-14-8-4-10-20-18(14)16/h2-3,5-7,9,11,13,20-21H,4,8,10,12H2,1H3. The van der Waals surface area contributed by atoms with Crippen LogP contribution < -0.4 is 10.6 Å². The number of anilines is 1. The van der Waals surface area contributed by atoms with Crippen molar-refractivity contribution in [2.24, 2.45) is 0 Å². The van der Waals surface area contributed by atoms with E-state index in [1.165, 1.54) is 29.3 Å². The lowest BCUT2D eigenvalue weighted by molar-refractivity contribution is 0.565. The van der Waals surface area contributed by atoms with Crippen LogP contribution in [0, 0.1) is 5.82 Å². The molecule has 2 aromatic carbocycles. The third kappa shape index (κ3) is 3.24. The highest BCUT2D eigenvalue weighted by Crippen LogP contribution is 2.26. The predicted octanol–water partition coefficient (Wildman–Crippen LogP) is 4.03. The van der Waals surface area contributed by atoms with Gasteiger partial charge >= 0.3 is 0 Å². The van der Waals surface area contributed by atoms with Crippen molar-refractivity contribution >= 4 is 5.69 Å². The molecule has 0 spiro atoms. The second kappa shape index (κ2) is 6.27. The Balaban J connectivity index is 1.70. The maximum absolute atomic E-state index is 13.3. The first kappa shape index (κ1) is 14.1. The monoisotopic (exact) mass is 284 g/mol. The fourth-order valence-corrected chi connectivity index (χ4v) is 2.89. The molecule has 0 aliphatic carbocycles. The minimum atomic E-state index is -0.181. The molecule has 1 heterocycles. The van der Waals surface area contributed by atoms with Crippen molar-refractivity contribution in [1.29, 1.82) is 0 Å². The molecule has 2 nitrogen and oxygen atoms in total. The van der Waals surface area contributed by atoms with Crippen LogP contribution in [0.4, 0.5) is 10.1 Å². The summed E-state index contributed by atoms with van der Waals surface area (Å²) in [5.74, 6) is -0.181. The number of halogens is 1. The molecule has 2 N–H and O–H groups in total. The fraction of sp³-hybridized carbons (Fsp3) is 0.333. The number of hydrogen-bond donors (Lipinski definition) is 2. The molecule has 2 aromatic rings. The molecular weight excluding hydrogens is 263 g/mol. The Labute approximate surface area is 125 Å². The lowest BCUT2D eigenvalue weighted by Crippen LogP contribution is -2.21.